The average Bonchev–Trinajstić information content (AvgIpc) is 2.74. The van der Waals surface area contributed by atoms with Crippen molar-refractivity contribution in [2.45, 2.75) is 6.04 Å². The van der Waals surface area contributed by atoms with Crippen molar-refractivity contribution < 1.29 is 24.0 Å². The summed E-state index contributed by atoms with van der Waals surface area (Å²) in [4.78, 5) is 35.2. The van der Waals surface area contributed by atoms with Crippen LogP contribution in [-0.2, 0) is 9.47 Å². The second kappa shape index (κ2) is 7.22. The molecule has 9 nitrogen and oxygen atoms in total. The van der Waals surface area contributed by atoms with Gasteiger partial charge in [0, 0.05) is 11.1 Å². The van der Waals surface area contributed by atoms with E-state index >= 15 is 0 Å². The molecule has 1 aliphatic rings. The molecule has 0 aliphatic carbocycles. The summed E-state index contributed by atoms with van der Waals surface area (Å²) >= 11 is 5.97. The number of halogens is 1. The zero-order valence-corrected chi connectivity index (χ0v) is 14.1. The van der Waals surface area contributed by atoms with E-state index in [2.05, 4.69) is 16.1 Å². The number of hydrogen-bond acceptors (Lipinski definition) is 6. The SMILES string of the molecule is C=C[C@H]1c2ccc(Cl)cc2C=C([N+](=O)[O-])N(C(=O)OC)N1C(=O)OC. The lowest BCUT2D eigenvalue weighted by Gasteiger charge is -2.29. The Kier molecular flexibility index (Phi) is 5.28. The topological polar surface area (TPSA) is 102 Å². The fourth-order valence-corrected chi connectivity index (χ4v) is 2.60. The van der Waals surface area contributed by atoms with Crippen LogP contribution in [0.1, 0.15) is 17.2 Å². The van der Waals surface area contributed by atoms with Crippen molar-refractivity contribution >= 4 is 29.9 Å². The third-order valence-corrected chi connectivity index (χ3v) is 3.70. The van der Waals surface area contributed by atoms with E-state index in [1.165, 1.54) is 12.1 Å². The number of rotatable bonds is 2. The van der Waals surface area contributed by atoms with Gasteiger partial charge >= 0.3 is 18.0 Å². The fraction of sp³-hybridized carbons (Fsp3) is 0.200. The van der Waals surface area contributed by atoms with Crippen molar-refractivity contribution in [1.82, 2.24) is 10.0 Å². The van der Waals surface area contributed by atoms with Gasteiger partial charge in [0.1, 0.15) is 6.04 Å². The molecule has 1 atom stereocenters. The molecular formula is C15H14ClN3O6. The van der Waals surface area contributed by atoms with Crippen LogP contribution in [0.25, 0.3) is 6.08 Å². The molecule has 0 saturated heterocycles. The molecule has 1 aromatic carbocycles. The van der Waals surface area contributed by atoms with Gasteiger partial charge in [-0.05, 0) is 33.2 Å². The minimum Gasteiger partial charge on any atom is -0.450 e. The maximum atomic E-state index is 12.3. The van der Waals surface area contributed by atoms with Crippen LogP contribution in [0.5, 0.6) is 0 Å². The van der Waals surface area contributed by atoms with E-state index in [4.69, 9.17) is 11.6 Å². The highest BCUT2D eigenvalue weighted by molar-refractivity contribution is 6.30. The van der Waals surface area contributed by atoms with Crippen molar-refractivity contribution in [3.05, 3.63) is 62.9 Å². The fourth-order valence-electron chi connectivity index (χ4n) is 2.42. The molecule has 0 bridgehead atoms. The molecule has 0 fully saturated rings. The number of carbonyl (C=O) groups excluding carboxylic acids is 2. The molecule has 2 rings (SSSR count). The third kappa shape index (κ3) is 3.26. The first-order valence-corrected chi connectivity index (χ1v) is 7.26. The Bertz CT molecular complexity index is 779. The summed E-state index contributed by atoms with van der Waals surface area (Å²) in [5, 5.41) is 13.1. The van der Waals surface area contributed by atoms with Crippen molar-refractivity contribution in [3.63, 3.8) is 0 Å². The molecule has 0 N–H and O–H groups in total. The first-order valence-electron chi connectivity index (χ1n) is 6.89. The van der Waals surface area contributed by atoms with Gasteiger partial charge in [0.05, 0.1) is 14.2 Å². The number of methoxy groups -OCH3 is 2. The number of hydrogen-bond donors (Lipinski definition) is 0. The summed E-state index contributed by atoms with van der Waals surface area (Å²) < 4.78 is 9.28. The zero-order chi connectivity index (χ0) is 18.7. The smallest absolute Gasteiger partial charge is 0.450 e. The Morgan fingerprint density at radius 3 is 2.48 bits per heavy atom. The second-order valence-electron chi connectivity index (χ2n) is 4.81. The van der Waals surface area contributed by atoms with Gasteiger partial charge in [-0.3, -0.25) is 0 Å². The largest absolute Gasteiger partial charge is 0.531 e. The summed E-state index contributed by atoms with van der Waals surface area (Å²) in [5.74, 6) is -0.704. The average molecular weight is 368 g/mol. The maximum absolute atomic E-state index is 12.3. The zero-order valence-electron chi connectivity index (χ0n) is 13.3. The van der Waals surface area contributed by atoms with Crippen molar-refractivity contribution in [2.75, 3.05) is 14.2 Å². The van der Waals surface area contributed by atoms with Crippen LogP contribution < -0.4 is 0 Å². The van der Waals surface area contributed by atoms with E-state index in [-0.39, 0.29) is 0 Å². The highest BCUT2D eigenvalue weighted by Gasteiger charge is 2.47. The number of benzene rings is 1. The van der Waals surface area contributed by atoms with Crippen LogP contribution in [0.3, 0.4) is 0 Å². The van der Waals surface area contributed by atoms with Gasteiger partial charge in [-0.15, -0.1) is 11.6 Å². The van der Waals surface area contributed by atoms with Crippen molar-refractivity contribution in [1.29, 1.82) is 0 Å². The lowest BCUT2D eigenvalue weighted by Crippen LogP contribution is -2.51. The molecule has 0 radical (unpaired) electrons. The van der Waals surface area contributed by atoms with E-state index in [0.717, 1.165) is 25.3 Å². The number of nitrogens with zero attached hydrogens (tertiary/aromatic N) is 3. The Balaban J connectivity index is 2.83. The number of carbonyl (C=O) groups is 2. The molecule has 1 aliphatic heterocycles. The Labute approximate surface area is 147 Å². The van der Waals surface area contributed by atoms with E-state index < -0.39 is 29.0 Å². The standard InChI is InChI=1S/C15H14ClN3O6/c1-4-12-11-6-5-10(16)7-9(11)8-13(19(22)23)18(15(21)25-3)17(12)14(20)24-2/h4-8,12H,1H2,2-3H3/t12-/m0/s1. The van der Waals surface area contributed by atoms with Gasteiger partial charge in [0.25, 0.3) is 0 Å². The van der Waals surface area contributed by atoms with Gasteiger partial charge in [-0.25, -0.2) is 4.79 Å². The van der Waals surface area contributed by atoms with E-state index in [1.54, 1.807) is 12.1 Å². The predicted octanol–water partition coefficient (Wildman–Crippen LogP) is 3.21. The number of nitro groups is 1. The maximum Gasteiger partial charge on any atom is 0.531 e. The minimum atomic E-state index is -1.14. The summed E-state index contributed by atoms with van der Waals surface area (Å²) in [5.41, 5.74) is 0.819. The Morgan fingerprint density at radius 2 is 1.96 bits per heavy atom. The highest BCUT2D eigenvalue weighted by atomic mass is 35.5. The van der Waals surface area contributed by atoms with Crippen LogP contribution in [-0.4, -0.2) is 41.3 Å². The quantitative estimate of drug-likeness (QED) is 0.452. The second-order valence-corrected chi connectivity index (χ2v) is 5.25. The summed E-state index contributed by atoms with van der Waals surface area (Å²) in [6.07, 6.45) is 0.318. The van der Waals surface area contributed by atoms with Crippen molar-refractivity contribution in [3.8, 4) is 0 Å². The molecule has 0 spiro atoms. The molecule has 0 aromatic heterocycles. The van der Waals surface area contributed by atoms with E-state index in [9.17, 15) is 19.7 Å². The lowest BCUT2D eigenvalue weighted by atomic mass is 10.00. The number of amides is 2. The van der Waals surface area contributed by atoms with Gasteiger partial charge in [0.2, 0.25) is 0 Å². The summed E-state index contributed by atoms with van der Waals surface area (Å²) in [7, 11) is 2.12. The van der Waals surface area contributed by atoms with Crippen LogP contribution in [0, 0.1) is 10.1 Å². The third-order valence-electron chi connectivity index (χ3n) is 3.47. The highest BCUT2D eigenvalue weighted by Crippen LogP contribution is 2.35. The van der Waals surface area contributed by atoms with E-state index in [0.29, 0.717) is 21.2 Å². The Morgan fingerprint density at radius 1 is 1.32 bits per heavy atom. The van der Waals surface area contributed by atoms with Crippen LogP contribution in [0.2, 0.25) is 5.02 Å². The summed E-state index contributed by atoms with van der Waals surface area (Å²) in [6, 6.07) is 3.68. The minimum absolute atomic E-state index is 0.330. The van der Waals surface area contributed by atoms with Gasteiger partial charge in [-0.1, -0.05) is 23.7 Å². The molecule has 1 aromatic rings. The first-order chi connectivity index (χ1) is 11.8. The molecule has 1 heterocycles. The normalized spacial score (nSPS) is 16.3. The number of fused-ring (bicyclic) bond motifs is 1. The predicted molar refractivity (Wildman–Crippen MR) is 87.8 cm³/mol. The van der Waals surface area contributed by atoms with Crippen LogP contribution in [0.4, 0.5) is 9.59 Å². The molecular weight excluding hydrogens is 354 g/mol. The van der Waals surface area contributed by atoms with E-state index in [1.807, 2.05) is 0 Å². The van der Waals surface area contributed by atoms with Gasteiger partial charge in [-0.2, -0.15) is 4.79 Å². The molecule has 10 heteroatoms. The first kappa shape index (κ1) is 18.3. The Hall–Kier alpha value is -3.07. The van der Waals surface area contributed by atoms with Gasteiger partial charge in [0.15, 0.2) is 0 Å². The molecule has 25 heavy (non-hydrogen) atoms. The number of hydrazine groups is 1. The monoisotopic (exact) mass is 367 g/mol. The van der Waals surface area contributed by atoms with Crippen molar-refractivity contribution in [2.24, 2.45) is 0 Å². The van der Waals surface area contributed by atoms with Crippen LogP contribution >= 0.6 is 11.6 Å². The molecule has 0 saturated carbocycles. The van der Waals surface area contributed by atoms with Gasteiger partial charge < -0.3 is 19.6 Å². The molecule has 132 valence electrons. The lowest BCUT2D eigenvalue weighted by molar-refractivity contribution is -0.449. The summed E-state index contributed by atoms with van der Waals surface area (Å²) in [6.45, 7) is 3.65. The molecule has 2 amide bonds. The van der Waals surface area contributed by atoms with Crippen LogP contribution in [0.15, 0.2) is 36.7 Å². The molecule has 0 unspecified atom stereocenters. The number of ether oxygens (including phenoxy) is 2.